The zero-order chi connectivity index (χ0) is 44.3. The Morgan fingerprint density at radius 2 is 0.746 bits per heavy atom. The van der Waals surface area contributed by atoms with Crippen LogP contribution >= 0.6 is 0 Å². The molecule has 0 fully saturated rings. The Hall–Kier alpha value is -8.99. The van der Waals surface area contributed by atoms with Crippen molar-refractivity contribution in [3.63, 3.8) is 0 Å². The summed E-state index contributed by atoms with van der Waals surface area (Å²) in [6.45, 7) is 0. The van der Waals surface area contributed by atoms with E-state index >= 15 is 0 Å². The first kappa shape index (κ1) is 38.5. The molecule has 0 atom stereocenters. The summed E-state index contributed by atoms with van der Waals surface area (Å²) in [7, 11) is 0. The number of anilines is 6. The lowest BCUT2D eigenvalue weighted by Gasteiger charge is -2.27. The van der Waals surface area contributed by atoms with Crippen molar-refractivity contribution in [2.75, 3.05) is 9.80 Å². The molecule has 2 aromatic heterocycles. The Balaban J connectivity index is 1.12. The monoisotopic (exact) mass is 854 g/mol. The van der Waals surface area contributed by atoms with Gasteiger partial charge in [-0.05, 0) is 176 Å². The Labute approximate surface area is 388 Å². The van der Waals surface area contributed by atoms with Gasteiger partial charge in [0.15, 0.2) is 0 Å². The smallest absolute Gasteiger partial charge is 0.0547 e. The van der Waals surface area contributed by atoms with Crippen LogP contribution in [0.2, 0.25) is 0 Å². The van der Waals surface area contributed by atoms with Crippen LogP contribution in [0.3, 0.4) is 0 Å². The minimum Gasteiger partial charge on any atom is -0.310 e. The topological polar surface area (TPSA) is 24.3 Å². The van der Waals surface area contributed by atoms with Gasteiger partial charge in [-0.3, -0.25) is 4.98 Å². The molecule has 0 aliphatic heterocycles. The highest BCUT2D eigenvalue weighted by Gasteiger charge is 2.21. The second kappa shape index (κ2) is 15.9. The number of hydrogen-bond acceptors (Lipinski definition) is 3. The van der Waals surface area contributed by atoms with Gasteiger partial charge in [0.25, 0.3) is 0 Å². The van der Waals surface area contributed by atoms with Crippen LogP contribution in [0.25, 0.3) is 81.7 Å². The minimum atomic E-state index is 1.10. The van der Waals surface area contributed by atoms with Gasteiger partial charge in [-0.25, -0.2) is 0 Å². The lowest BCUT2D eigenvalue weighted by atomic mass is 9.90. The third-order valence-electron chi connectivity index (χ3n) is 13.4. The number of benzene rings is 11. The van der Waals surface area contributed by atoms with Crippen LogP contribution in [-0.4, -0.2) is 9.55 Å². The Bertz CT molecular complexity index is 3870. The molecule has 0 bridgehead atoms. The minimum absolute atomic E-state index is 1.10. The van der Waals surface area contributed by atoms with Crippen molar-refractivity contribution in [1.82, 2.24) is 9.55 Å². The van der Waals surface area contributed by atoms with Crippen LogP contribution in [0, 0.1) is 0 Å². The molecule has 314 valence electrons. The van der Waals surface area contributed by atoms with Crippen LogP contribution in [0.5, 0.6) is 0 Å². The summed E-state index contributed by atoms with van der Waals surface area (Å²) in [6, 6.07) is 88.2. The van der Waals surface area contributed by atoms with Crippen LogP contribution in [0.1, 0.15) is 0 Å². The summed E-state index contributed by atoms with van der Waals surface area (Å²) >= 11 is 0. The zero-order valence-electron chi connectivity index (χ0n) is 36.5. The lowest BCUT2D eigenvalue weighted by Crippen LogP contribution is -2.10. The van der Waals surface area contributed by atoms with Crippen LogP contribution in [0.4, 0.5) is 34.1 Å². The van der Waals surface area contributed by atoms with E-state index in [4.69, 9.17) is 0 Å². The van der Waals surface area contributed by atoms with E-state index in [2.05, 4.69) is 262 Å². The number of pyridine rings is 1. The molecule has 67 heavy (non-hydrogen) atoms. The van der Waals surface area contributed by atoms with Crippen LogP contribution < -0.4 is 9.80 Å². The summed E-state index contributed by atoms with van der Waals surface area (Å²) in [5.74, 6) is 0. The SMILES string of the molecule is c1ccc(N(c2ccccc2)c2ccc3c(c2)c2cc(N(c4ccccc4)c4ccccc4)ccc2c2cc4c(ccc5c4c4ccc(-c6ccncc6)cc4n5-c4ccccc4)cc32)cc1. The molecule has 0 radical (unpaired) electrons. The molecule has 13 rings (SSSR count). The van der Waals surface area contributed by atoms with E-state index in [0.717, 1.165) is 50.9 Å². The molecule has 0 unspecified atom stereocenters. The van der Waals surface area contributed by atoms with Crippen LogP contribution in [0.15, 0.2) is 255 Å². The quantitative estimate of drug-likeness (QED) is 0.112. The highest BCUT2D eigenvalue weighted by atomic mass is 15.1. The third-order valence-corrected chi connectivity index (χ3v) is 13.4. The van der Waals surface area contributed by atoms with Crippen molar-refractivity contribution in [2.24, 2.45) is 0 Å². The van der Waals surface area contributed by atoms with E-state index in [-0.39, 0.29) is 0 Å². The van der Waals surface area contributed by atoms with Crippen molar-refractivity contribution in [2.45, 2.75) is 0 Å². The molecule has 0 aliphatic carbocycles. The van der Waals surface area contributed by atoms with Crippen molar-refractivity contribution in [3.05, 3.63) is 255 Å². The fraction of sp³-hybridized carbons (Fsp3) is 0. The maximum Gasteiger partial charge on any atom is 0.0547 e. The van der Waals surface area contributed by atoms with Gasteiger partial charge in [-0.15, -0.1) is 0 Å². The molecular weight excluding hydrogens is 813 g/mol. The molecule has 13 aromatic rings. The molecule has 0 saturated carbocycles. The van der Waals surface area contributed by atoms with Crippen molar-refractivity contribution < 1.29 is 0 Å². The molecule has 11 aromatic carbocycles. The summed E-state index contributed by atoms with van der Waals surface area (Å²) in [5, 5.41) is 12.2. The van der Waals surface area contributed by atoms with Gasteiger partial charge in [0.05, 0.1) is 11.0 Å². The first-order valence-corrected chi connectivity index (χ1v) is 22.9. The molecule has 0 spiro atoms. The number of nitrogens with zero attached hydrogens (tertiary/aromatic N) is 4. The van der Waals surface area contributed by atoms with Crippen molar-refractivity contribution in [3.8, 4) is 16.8 Å². The van der Waals surface area contributed by atoms with E-state index < -0.39 is 0 Å². The van der Waals surface area contributed by atoms with E-state index in [0.29, 0.717) is 0 Å². The van der Waals surface area contributed by atoms with Crippen LogP contribution in [-0.2, 0) is 0 Å². The highest BCUT2D eigenvalue weighted by molar-refractivity contribution is 6.31. The fourth-order valence-corrected chi connectivity index (χ4v) is 10.4. The summed E-state index contributed by atoms with van der Waals surface area (Å²) < 4.78 is 2.43. The molecule has 4 nitrogen and oxygen atoms in total. The molecular formula is C63H42N4. The maximum absolute atomic E-state index is 4.30. The number of hydrogen-bond donors (Lipinski definition) is 0. The molecule has 4 heteroatoms. The average molecular weight is 855 g/mol. The van der Waals surface area contributed by atoms with E-state index in [1.165, 1.54) is 64.9 Å². The normalized spacial score (nSPS) is 11.6. The maximum atomic E-state index is 4.30. The van der Waals surface area contributed by atoms with Crippen molar-refractivity contribution >= 4 is 99.0 Å². The first-order valence-electron chi connectivity index (χ1n) is 22.9. The number of para-hydroxylation sites is 5. The highest BCUT2D eigenvalue weighted by Crippen LogP contribution is 2.46. The van der Waals surface area contributed by atoms with Gasteiger partial charge in [-0.2, -0.15) is 0 Å². The van der Waals surface area contributed by atoms with Gasteiger partial charge in [0.1, 0.15) is 0 Å². The Morgan fingerprint density at radius 3 is 1.27 bits per heavy atom. The van der Waals surface area contributed by atoms with Gasteiger partial charge in [-0.1, -0.05) is 121 Å². The van der Waals surface area contributed by atoms with E-state index in [9.17, 15) is 0 Å². The Morgan fingerprint density at radius 1 is 0.284 bits per heavy atom. The van der Waals surface area contributed by atoms with Crippen molar-refractivity contribution in [1.29, 1.82) is 0 Å². The molecule has 0 N–H and O–H groups in total. The van der Waals surface area contributed by atoms with E-state index in [1.807, 2.05) is 12.4 Å². The van der Waals surface area contributed by atoms with E-state index in [1.54, 1.807) is 0 Å². The van der Waals surface area contributed by atoms with Gasteiger partial charge < -0.3 is 14.4 Å². The summed E-state index contributed by atoms with van der Waals surface area (Å²) in [5.41, 5.74) is 12.4. The van der Waals surface area contributed by atoms with Gasteiger partial charge >= 0.3 is 0 Å². The van der Waals surface area contributed by atoms with Gasteiger partial charge in [0, 0.05) is 63.0 Å². The lowest BCUT2D eigenvalue weighted by molar-refractivity contribution is 1.18. The predicted octanol–water partition coefficient (Wildman–Crippen LogP) is 17.4. The second-order valence-corrected chi connectivity index (χ2v) is 17.2. The fourth-order valence-electron chi connectivity index (χ4n) is 10.4. The number of rotatable bonds is 8. The Kier molecular flexibility index (Phi) is 9.14. The third kappa shape index (κ3) is 6.49. The molecule has 2 heterocycles. The average Bonchev–Trinajstić information content (AvgIpc) is 3.74. The molecule has 0 amide bonds. The molecule has 0 aliphatic rings. The summed E-state index contributed by atoms with van der Waals surface area (Å²) in [6.07, 6.45) is 3.73. The first-order chi connectivity index (χ1) is 33.2. The second-order valence-electron chi connectivity index (χ2n) is 17.2. The standard InChI is InChI=1S/C63H42N4/c1-6-16-46(17-7-1)65(47-18-8-2-9-19-47)51-28-31-53-57-38-45-27-33-61-63(55-30-26-44(43-34-36-64-37-35-43)39-62(55)67(61)50-24-14-5-15-25-50)56(45)42-60(57)54-32-29-52(41-59(54)58(53)40-51)66(48-20-10-3-11-21-48)49-22-12-4-13-23-49/h1-42H. The summed E-state index contributed by atoms with van der Waals surface area (Å²) in [4.78, 5) is 9.02. The zero-order valence-corrected chi connectivity index (χ0v) is 36.5. The van der Waals surface area contributed by atoms with Gasteiger partial charge in [0.2, 0.25) is 0 Å². The largest absolute Gasteiger partial charge is 0.310 e. The number of fused-ring (bicyclic) bond motifs is 11. The number of aromatic nitrogens is 2. The predicted molar refractivity (Wildman–Crippen MR) is 283 cm³/mol. The molecule has 0 saturated heterocycles.